The van der Waals surface area contributed by atoms with Crippen LogP contribution in [0.4, 0.5) is 13.2 Å². The third-order valence-corrected chi connectivity index (χ3v) is 1.38. The maximum absolute atomic E-state index is 11.9. The Labute approximate surface area is 70.0 Å². The van der Waals surface area contributed by atoms with E-state index in [1.807, 2.05) is 0 Å². The minimum atomic E-state index is -4.21. The lowest BCUT2D eigenvalue weighted by Gasteiger charge is -2.05. The highest BCUT2D eigenvalue weighted by molar-refractivity contribution is 5.23. The first-order valence-corrected chi connectivity index (χ1v) is 3.14. The first-order chi connectivity index (χ1) is 5.00. The summed E-state index contributed by atoms with van der Waals surface area (Å²) in [6.45, 7) is 1.75. The predicted octanol–water partition coefficient (Wildman–Crippen LogP) is 3.65. The first kappa shape index (κ1) is 11.0. The van der Waals surface area contributed by atoms with Crippen molar-refractivity contribution >= 4 is 0 Å². The van der Waals surface area contributed by atoms with Crippen LogP contribution < -0.4 is 0 Å². The van der Waals surface area contributed by atoms with Gasteiger partial charge < -0.3 is 0 Å². The molecule has 0 radical (unpaired) electrons. The largest absolute Gasteiger partial charge is 0.416 e. The van der Waals surface area contributed by atoms with Crippen LogP contribution in [0.25, 0.3) is 0 Å². The lowest BCUT2D eigenvalue weighted by atomic mass is 10.1. The van der Waals surface area contributed by atoms with Crippen molar-refractivity contribution in [2.45, 2.75) is 20.5 Å². The van der Waals surface area contributed by atoms with Crippen LogP contribution in [-0.4, -0.2) is 0 Å². The Hall–Kier alpha value is -0.990. The molecule has 0 fully saturated rings. The van der Waals surface area contributed by atoms with E-state index in [4.69, 9.17) is 0 Å². The lowest BCUT2D eigenvalue weighted by Crippen LogP contribution is -2.03. The van der Waals surface area contributed by atoms with Crippen LogP contribution in [0.15, 0.2) is 24.3 Å². The van der Waals surface area contributed by atoms with E-state index in [1.54, 1.807) is 6.92 Å². The molecule has 0 saturated heterocycles. The normalized spacial score (nSPS) is 10.7. The van der Waals surface area contributed by atoms with Crippen molar-refractivity contribution in [2.75, 3.05) is 0 Å². The SMILES string of the molecule is C.Cc1ccc(C(F)(F)F)cc1. The van der Waals surface area contributed by atoms with Crippen LogP contribution in [-0.2, 0) is 6.18 Å². The second kappa shape index (κ2) is 3.61. The zero-order valence-corrected chi connectivity index (χ0v) is 5.94. The number of benzene rings is 1. The van der Waals surface area contributed by atoms with E-state index < -0.39 is 11.7 Å². The van der Waals surface area contributed by atoms with Crippen molar-refractivity contribution in [2.24, 2.45) is 0 Å². The van der Waals surface area contributed by atoms with Crippen LogP contribution in [0, 0.1) is 6.92 Å². The Balaban J connectivity index is 0.00000121. The van der Waals surface area contributed by atoms with Crippen molar-refractivity contribution in [3.63, 3.8) is 0 Å². The number of aryl methyl sites for hydroxylation is 1. The maximum Gasteiger partial charge on any atom is 0.416 e. The molecule has 1 aromatic carbocycles. The molecule has 0 aliphatic rings. The molecule has 3 heteroatoms. The zero-order valence-electron chi connectivity index (χ0n) is 5.94. The van der Waals surface area contributed by atoms with Gasteiger partial charge in [-0.1, -0.05) is 25.1 Å². The Morgan fingerprint density at radius 3 is 1.75 bits per heavy atom. The molecule has 1 rings (SSSR count). The van der Waals surface area contributed by atoms with Crippen molar-refractivity contribution in [3.05, 3.63) is 35.4 Å². The van der Waals surface area contributed by atoms with E-state index in [2.05, 4.69) is 0 Å². The van der Waals surface area contributed by atoms with Crippen LogP contribution in [0.5, 0.6) is 0 Å². The summed E-state index contributed by atoms with van der Waals surface area (Å²) >= 11 is 0. The summed E-state index contributed by atoms with van der Waals surface area (Å²) in [5.74, 6) is 0. The molecule has 0 saturated carbocycles. The van der Waals surface area contributed by atoms with E-state index in [1.165, 1.54) is 12.1 Å². The highest BCUT2D eigenvalue weighted by Gasteiger charge is 2.29. The van der Waals surface area contributed by atoms with Gasteiger partial charge >= 0.3 is 6.18 Å². The molecule has 12 heavy (non-hydrogen) atoms. The molecule has 0 aliphatic carbocycles. The highest BCUT2D eigenvalue weighted by atomic mass is 19.4. The van der Waals surface area contributed by atoms with Gasteiger partial charge in [-0.3, -0.25) is 0 Å². The summed E-state index contributed by atoms with van der Waals surface area (Å²) in [4.78, 5) is 0. The summed E-state index contributed by atoms with van der Waals surface area (Å²) in [7, 11) is 0. The van der Waals surface area contributed by atoms with Crippen LogP contribution in [0.3, 0.4) is 0 Å². The van der Waals surface area contributed by atoms with Crippen molar-refractivity contribution in [3.8, 4) is 0 Å². The van der Waals surface area contributed by atoms with Crippen LogP contribution in [0.2, 0.25) is 0 Å². The molecule has 68 valence electrons. The third-order valence-electron chi connectivity index (χ3n) is 1.38. The summed E-state index contributed by atoms with van der Waals surface area (Å²) in [6.07, 6.45) is -4.21. The summed E-state index contributed by atoms with van der Waals surface area (Å²) < 4.78 is 35.8. The highest BCUT2D eigenvalue weighted by Crippen LogP contribution is 2.28. The summed E-state index contributed by atoms with van der Waals surface area (Å²) in [5, 5.41) is 0. The number of alkyl halides is 3. The van der Waals surface area contributed by atoms with Gasteiger partial charge in [0.25, 0.3) is 0 Å². The smallest absolute Gasteiger partial charge is 0.166 e. The summed E-state index contributed by atoms with van der Waals surface area (Å²) in [5.41, 5.74) is 0.237. The molecule has 0 nitrogen and oxygen atoms in total. The monoisotopic (exact) mass is 176 g/mol. The standard InChI is InChI=1S/C8H7F3.CH4/c1-6-2-4-7(5-3-6)8(9,10)11;/h2-5H,1H3;1H4. The topological polar surface area (TPSA) is 0 Å². The van der Waals surface area contributed by atoms with E-state index in [9.17, 15) is 13.2 Å². The quantitative estimate of drug-likeness (QED) is 0.566. The molecule has 0 aliphatic heterocycles. The second-order valence-corrected chi connectivity index (χ2v) is 2.36. The molecule has 0 spiro atoms. The van der Waals surface area contributed by atoms with Gasteiger partial charge in [-0.25, -0.2) is 0 Å². The average molecular weight is 176 g/mol. The van der Waals surface area contributed by atoms with Gasteiger partial charge in [0.1, 0.15) is 0 Å². The molecule has 0 bridgehead atoms. The van der Waals surface area contributed by atoms with Gasteiger partial charge in [0.2, 0.25) is 0 Å². The molecule has 0 unspecified atom stereocenters. The van der Waals surface area contributed by atoms with Crippen molar-refractivity contribution in [1.82, 2.24) is 0 Å². The van der Waals surface area contributed by atoms with E-state index in [0.29, 0.717) is 0 Å². The van der Waals surface area contributed by atoms with E-state index >= 15 is 0 Å². The van der Waals surface area contributed by atoms with Gasteiger partial charge in [-0.2, -0.15) is 13.2 Å². The third kappa shape index (κ3) is 2.57. The number of rotatable bonds is 0. The molecular weight excluding hydrogens is 165 g/mol. The van der Waals surface area contributed by atoms with Gasteiger partial charge in [-0.15, -0.1) is 0 Å². The minimum Gasteiger partial charge on any atom is -0.166 e. The Morgan fingerprint density at radius 2 is 1.42 bits per heavy atom. The fourth-order valence-electron chi connectivity index (χ4n) is 0.743. The van der Waals surface area contributed by atoms with Crippen LogP contribution in [0.1, 0.15) is 18.6 Å². The molecule has 0 N–H and O–H groups in total. The van der Waals surface area contributed by atoms with E-state index in [0.717, 1.165) is 17.7 Å². The molecule has 0 aromatic heterocycles. The fourth-order valence-corrected chi connectivity index (χ4v) is 0.743. The van der Waals surface area contributed by atoms with Gasteiger partial charge in [0.05, 0.1) is 5.56 Å². The lowest BCUT2D eigenvalue weighted by molar-refractivity contribution is -0.137. The van der Waals surface area contributed by atoms with Crippen molar-refractivity contribution in [1.29, 1.82) is 0 Å². The second-order valence-electron chi connectivity index (χ2n) is 2.36. The maximum atomic E-state index is 11.9. The van der Waals surface area contributed by atoms with Gasteiger partial charge in [0, 0.05) is 0 Å². The first-order valence-electron chi connectivity index (χ1n) is 3.14. The number of halogens is 3. The number of hydrogen-bond acceptors (Lipinski definition) is 0. The fraction of sp³-hybridized carbons (Fsp3) is 0.333. The van der Waals surface area contributed by atoms with Gasteiger partial charge in [0.15, 0.2) is 0 Å². The Bertz CT molecular complexity index is 233. The Morgan fingerprint density at radius 1 is 1.00 bits per heavy atom. The Kier molecular flexibility index (Phi) is 3.31. The molecular formula is C9H11F3. The van der Waals surface area contributed by atoms with E-state index in [-0.39, 0.29) is 7.43 Å². The minimum absolute atomic E-state index is 0. The molecule has 0 amide bonds. The molecule has 0 heterocycles. The van der Waals surface area contributed by atoms with Crippen LogP contribution >= 0.6 is 0 Å². The predicted molar refractivity (Wildman–Crippen MR) is 42.9 cm³/mol. The zero-order chi connectivity index (χ0) is 8.48. The van der Waals surface area contributed by atoms with Crippen molar-refractivity contribution < 1.29 is 13.2 Å². The average Bonchev–Trinajstić information content (AvgIpc) is 1.86. The molecule has 0 atom stereocenters. The van der Waals surface area contributed by atoms with Gasteiger partial charge in [-0.05, 0) is 19.1 Å². The number of hydrogen-bond donors (Lipinski definition) is 0. The molecule has 1 aromatic rings. The summed E-state index contributed by atoms with van der Waals surface area (Å²) in [6, 6.07) is 5.05.